The standard InChI is InChI=1S/C30H25N5O4/c1-18-9-11-19(12-10-18)17-35-28(38)30(27(37)32-29(35)39)16-22-25(31-23-8-4-5-14-33(23)26(22)36)34-15-13-20-6-2-3-7-21(20)24(30)34/h2-12,14,24H,13,15-17H2,1H3,(H,32,37,39)/t24-,30+/m1/s1. The van der Waals surface area contributed by atoms with E-state index in [-0.39, 0.29) is 18.5 Å². The van der Waals surface area contributed by atoms with Crippen LogP contribution in [0, 0.1) is 12.3 Å². The highest BCUT2D eigenvalue weighted by molar-refractivity contribution is 6.20. The fourth-order valence-corrected chi connectivity index (χ4v) is 6.33. The molecule has 2 aromatic heterocycles. The molecular weight excluding hydrogens is 494 g/mol. The normalized spacial score (nSPS) is 22.0. The molecule has 3 aliphatic heterocycles. The first-order valence-electron chi connectivity index (χ1n) is 13.0. The van der Waals surface area contributed by atoms with Crippen molar-refractivity contribution in [3.8, 4) is 0 Å². The van der Waals surface area contributed by atoms with Crippen molar-refractivity contribution >= 4 is 29.3 Å². The predicted octanol–water partition coefficient (Wildman–Crippen LogP) is 2.93. The Bertz CT molecular complexity index is 1760. The number of rotatable bonds is 2. The fraction of sp³-hybridized carbons (Fsp3) is 0.233. The van der Waals surface area contributed by atoms with Crippen LogP contribution in [0.2, 0.25) is 0 Å². The Morgan fingerprint density at radius 1 is 0.974 bits per heavy atom. The van der Waals surface area contributed by atoms with Crippen molar-refractivity contribution in [2.75, 3.05) is 11.4 Å². The van der Waals surface area contributed by atoms with Gasteiger partial charge >= 0.3 is 6.03 Å². The molecule has 1 saturated heterocycles. The lowest BCUT2D eigenvalue weighted by Gasteiger charge is -2.53. The van der Waals surface area contributed by atoms with Crippen LogP contribution in [0.1, 0.15) is 33.9 Å². The number of nitrogens with zero attached hydrogens (tertiary/aromatic N) is 4. The van der Waals surface area contributed by atoms with Crippen molar-refractivity contribution in [1.29, 1.82) is 0 Å². The number of hydrogen-bond donors (Lipinski definition) is 1. The number of urea groups is 1. The number of fused-ring (bicyclic) bond motifs is 7. The molecule has 5 heterocycles. The number of carbonyl (C=O) groups is 3. The number of pyridine rings is 1. The molecular formula is C30H25N5O4. The van der Waals surface area contributed by atoms with Crippen LogP contribution in [0.15, 0.2) is 77.7 Å². The second-order valence-electron chi connectivity index (χ2n) is 10.5. The summed E-state index contributed by atoms with van der Waals surface area (Å²) in [6, 6.07) is 19.1. The molecule has 3 aliphatic rings. The van der Waals surface area contributed by atoms with E-state index >= 15 is 0 Å². The molecule has 7 rings (SSSR count). The monoisotopic (exact) mass is 519 g/mol. The Morgan fingerprint density at radius 3 is 2.56 bits per heavy atom. The van der Waals surface area contributed by atoms with E-state index < -0.39 is 29.3 Å². The first-order chi connectivity index (χ1) is 18.9. The lowest BCUT2D eigenvalue weighted by atomic mass is 9.65. The van der Waals surface area contributed by atoms with Gasteiger partial charge in [0.15, 0.2) is 5.41 Å². The van der Waals surface area contributed by atoms with E-state index in [0.717, 1.165) is 27.2 Å². The minimum atomic E-state index is -1.73. The van der Waals surface area contributed by atoms with Crippen LogP contribution in [0.25, 0.3) is 5.65 Å². The van der Waals surface area contributed by atoms with Crippen LogP contribution in [0.4, 0.5) is 10.6 Å². The number of nitrogens with one attached hydrogen (secondary N) is 1. The van der Waals surface area contributed by atoms with E-state index in [0.29, 0.717) is 30.0 Å². The molecule has 0 aliphatic carbocycles. The minimum absolute atomic E-state index is 0.0101. The summed E-state index contributed by atoms with van der Waals surface area (Å²) in [5, 5.41) is 2.47. The van der Waals surface area contributed by atoms with Gasteiger partial charge in [0.2, 0.25) is 11.8 Å². The van der Waals surface area contributed by atoms with Gasteiger partial charge in [0, 0.05) is 19.2 Å². The van der Waals surface area contributed by atoms with Gasteiger partial charge in [-0.05, 0) is 42.2 Å². The number of carbonyl (C=O) groups excluding carboxylic acids is 3. The molecule has 0 unspecified atom stereocenters. The Morgan fingerprint density at radius 2 is 1.74 bits per heavy atom. The molecule has 9 heteroatoms. The smallest absolute Gasteiger partial charge is 0.331 e. The summed E-state index contributed by atoms with van der Waals surface area (Å²) in [6.07, 6.45) is 2.13. The van der Waals surface area contributed by atoms with E-state index in [1.54, 1.807) is 18.3 Å². The van der Waals surface area contributed by atoms with Crippen LogP contribution >= 0.6 is 0 Å². The quantitative estimate of drug-likeness (QED) is 0.409. The van der Waals surface area contributed by atoms with Crippen molar-refractivity contribution in [2.24, 2.45) is 5.41 Å². The van der Waals surface area contributed by atoms with Gasteiger partial charge in [-0.1, -0.05) is 60.2 Å². The summed E-state index contributed by atoms with van der Waals surface area (Å²) < 4.78 is 1.44. The second-order valence-corrected chi connectivity index (χ2v) is 10.5. The SMILES string of the molecule is Cc1ccc(CN2C(=O)NC(=O)[C@@]3(Cc4c(nc5ccccn5c4=O)N4CCc5ccccc5[C@@H]43)C2=O)cc1. The van der Waals surface area contributed by atoms with Crippen molar-refractivity contribution in [2.45, 2.75) is 32.4 Å². The van der Waals surface area contributed by atoms with Gasteiger partial charge in [0.05, 0.1) is 18.2 Å². The van der Waals surface area contributed by atoms with Gasteiger partial charge in [0.25, 0.3) is 5.56 Å². The van der Waals surface area contributed by atoms with Crippen LogP contribution in [0.3, 0.4) is 0 Å². The molecule has 0 saturated carbocycles. The van der Waals surface area contributed by atoms with E-state index in [2.05, 4.69) is 5.32 Å². The van der Waals surface area contributed by atoms with E-state index in [9.17, 15) is 19.2 Å². The number of amides is 4. The van der Waals surface area contributed by atoms with E-state index in [1.165, 1.54) is 4.40 Å². The van der Waals surface area contributed by atoms with Gasteiger partial charge in [-0.15, -0.1) is 0 Å². The van der Waals surface area contributed by atoms with E-state index in [4.69, 9.17) is 4.98 Å². The molecule has 39 heavy (non-hydrogen) atoms. The Labute approximate surface area is 223 Å². The number of benzene rings is 2. The summed E-state index contributed by atoms with van der Waals surface area (Å²) in [5.74, 6) is -0.807. The average Bonchev–Trinajstić information content (AvgIpc) is 2.95. The lowest BCUT2D eigenvalue weighted by molar-refractivity contribution is -0.154. The van der Waals surface area contributed by atoms with Crippen LogP contribution in [0.5, 0.6) is 0 Å². The van der Waals surface area contributed by atoms with Gasteiger partial charge < -0.3 is 4.90 Å². The zero-order chi connectivity index (χ0) is 26.9. The zero-order valence-electron chi connectivity index (χ0n) is 21.3. The molecule has 2 atom stereocenters. The Hall–Kier alpha value is -4.79. The molecule has 0 bridgehead atoms. The highest BCUT2D eigenvalue weighted by Gasteiger charge is 2.64. The van der Waals surface area contributed by atoms with Crippen molar-refractivity contribution < 1.29 is 14.4 Å². The predicted molar refractivity (Wildman–Crippen MR) is 143 cm³/mol. The number of imide groups is 2. The van der Waals surface area contributed by atoms with Crippen LogP contribution in [-0.4, -0.2) is 38.7 Å². The van der Waals surface area contributed by atoms with Crippen molar-refractivity contribution in [1.82, 2.24) is 19.6 Å². The molecule has 4 aromatic rings. The maximum absolute atomic E-state index is 14.5. The molecule has 9 nitrogen and oxygen atoms in total. The Balaban J connectivity index is 1.45. The highest BCUT2D eigenvalue weighted by atomic mass is 16.2. The third kappa shape index (κ3) is 3.29. The summed E-state index contributed by atoms with van der Waals surface area (Å²) in [7, 11) is 0. The van der Waals surface area contributed by atoms with Gasteiger partial charge in [-0.2, -0.15) is 0 Å². The molecule has 1 spiro atoms. The number of aryl methyl sites for hydroxylation is 1. The number of aromatic nitrogens is 2. The third-order valence-electron chi connectivity index (χ3n) is 8.24. The summed E-state index contributed by atoms with van der Waals surface area (Å²) in [4.78, 5) is 63.2. The van der Waals surface area contributed by atoms with Gasteiger partial charge in [0.1, 0.15) is 11.5 Å². The van der Waals surface area contributed by atoms with Crippen LogP contribution < -0.4 is 15.8 Å². The Kier molecular flexibility index (Phi) is 5.00. The molecule has 1 N–H and O–H groups in total. The lowest BCUT2D eigenvalue weighted by Crippen LogP contribution is -2.70. The van der Waals surface area contributed by atoms with Gasteiger partial charge in [-0.25, -0.2) is 9.78 Å². The summed E-state index contributed by atoms with van der Waals surface area (Å²) in [5.41, 5.74) is 2.41. The zero-order valence-corrected chi connectivity index (χ0v) is 21.3. The maximum Gasteiger partial charge on any atom is 0.331 e. The first-order valence-corrected chi connectivity index (χ1v) is 13.0. The van der Waals surface area contributed by atoms with E-state index in [1.807, 2.05) is 66.4 Å². The summed E-state index contributed by atoms with van der Waals surface area (Å²) >= 11 is 0. The molecule has 2 aromatic carbocycles. The average molecular weight is 520 g/mol. The van der Waals surface area contributed by atoms with Crippen molar-refractivity contribution in [3.05, 3.63) is 111 Å². The van der Waals surface area contributed by atoms with Crippen LogP contribution in [-0.2, 0) is 29.0 Å². The number of anilines is 1. The second kappa shape index (κ2) is 8.36. The molecule has 194 valence electrons. The highest BCUT2D eigenvalue weighted by Crippen LogP contribution is 2.52. The fourth-order valence-electron chi connectivity index (χ4n) is 6.33. The first kappa shape index (κ1) is 23.3. The molecule has 4 amide bonds. The molecule has 0 radical (unpaired) electrons. The van der Waals surface area contributed by atoms with Gasteiger partial charge in [-0.3, -0.25) is 29.0 Å². The number of barbiturate groups is 1. The molecule has 1 fully saturated rings. The summed E-state index contributed by atoms with van der Waals surface area (Å²) in [6.45, 7) is 2.44. The third-order valence-corrected chi connectivity index (χ3v) is 8.24. The minimum Gasteiger partial charge on any atom is -0.347 e. The topological polar surface area (TPSA) is 104 Å². The van der Waals surface area contributed by atoms with Crippen molar-refractivity contribution in [3.63, 3.8) is 0 Å². The number of hydrogen-bond acceptors (Lipinski definition) is 6. The largest absolute Gasteiger partial charge is 0.347 e. The maximum atomic E-state index is 14.5.